The van der Waals surface area contributed by atoms with E-state index < -0.39 is 8.07 Å². The van der Waals surface area contributed by atoms with E-state index >= 15 is 0 Å². The van der Waals surface area contributed by atoms with E-state index in [2.05, 4.69) is 79.6 Å². The minimum atomic E-state index is -1.27. The average Bonchev–Trinajstić information content (AvgIpc) is 3.20. The molecule has 0 bridgehead atoms. The SMILES string of the molecule is C[Si](C)(C)C#Cc1ccc(-[c-]2cccc2)cc1.[Fe+2].c1cc[cH-]c1. The first-order chi connectivity index (χ1) is 10.5. The predicted octanol–water partition coefficient (Wildman–Crippen LogP) is 5.70. The van der Waals surface area contributed by atoms with Gasteiger partial charge in [0.05, 0.1) is 0 Å². The van der Waals surface area contributed by atoms with Crippen LogP contribution in [0.3, 0.4) is 0 Å². The first-order valence-electron chi connectivity index (χ1n) is 7.57. The molecule has 0 atom stereocenters. The maximum atomic E-state index is 3.38. The largest absolute Gasteiger partial charge is 2.00 e. The van der Waals surface area contributed by atoms with Gasteiger partial charge in [-0.3, -0.25) is 0 Å². The molecule has 0 aliphatic carbocycles. The van der Waals surface area contributed by atoms with Gasteiger partial charge < -0.3 is 0 Å². The fourth-order valence-corrected chi connectivity index (χ4v) is 2.41. The van der Waals surface area contributed by atoms with E-state index in [0.717, 1.165) is 5.56 Å². The van der Waals surface area contributed by atoms with E-state index in [0.29, 0.717) is 0 Å². The van der Waals surface area contributed by atoms with Crippen molar-refractivity contribution < 1.29 is 17.1 Å². The van der Waals surface area contributed by atoms with E-state index in [1.807, 2.05) is 30.3 Å². The molecule has 0 nitrogen and oxygen atoms in total. The Morgan fingerprint density at radius 3 is 1.87 bits per heavy atom. The molecule has 2 heteroatoms. The topological polar surface area (TPSA) is 0 Å². The summed E-state index contributed by atoms with van der Waals surface area (Å²) in [7, 11) is -1.27. The second-order valence-electron chi connectivity index (χ2n) is 6.21. The van der Waals surface area contributed by atoms with Crippen LogP contribution >= 0.6 is 0 Å². The minimum absolute atomic E-state index is 0. The third kappa shape index (κ3) is 7.35. The molecule has 3 aromatic carbocycles. The summed E-state index contributed by atoms with van der Waals surface area (Å²) in [5, 5.41) is 0. The van der Waals surface area contributed by atoms with Crippen LogP contribution in [0.15, 0.2) is 78.9 Å². The Balaban J connectivity index is 0.000000377. The van der Waals surface area contributed by atoms with Gasteiger partial charge in [0.15, 0.2) is 0 Å². The Labute approximate surface area is 151 Å². The first kappa shape index (κ1) is 19.3. The Kier molecular flexibility index (Phi) is 7.85. The maximum Gasteiger partial charge on any atom is 2.00 e. The van der Waals surface area contributed by atoms with Gasteiger partial charge in [0.1, 0.15) is 8.07 Å². The smallest absolute Gasteiger partial charge is 0.214 e. The molecule has 0 N–H and O–H groups in total. The molecule has 0 unspecified atom stereocenters. The normalized spacial score (nSPS) is 9.70. The summed E-state index contributed by atoms with van der Waals surface area (Å²) in [5.41, 5.74) is 7.03. The van der Waals surface area contributed by atoms with Crippen molar-refractivity contribution in [1.29, 1.82) is 0 Å². The molecule has 3 rings (SSSR count). The van der Waals surface area contributed by atoms with Crippen molar-refractivity contribution in [1.82, 2.24) is 0 Å². The average molecular weight is 358 g/mol. The van der Waals surface area contributed by atoms with E-state index in [1.165, 1.54) is 11.1 Å². The Hall–Kier alpha value is -1.78. The van der Waals surface area contributed by atoms with Crippen LogP contribution < -0.4 is 0 Å². The predicted molar refractivity (Wildman–Crippen MR) is 99.7 cm³/mol. The molecule has 0 fully saturated rings. The van der Waals surface area contributed by atoms with E-state index in [4.69, 9.17) is 0 Å². The van der Waals surface area contributed by atoms with E-state index in [1.54, 1.807) is 0 Å². The molecule has 0 radical (unpaired) electrons. The Morgan fingerprint density at radius 1 is 0.870 bits per heavy atom. The van der Waals surface area contributed by atoms with Crippen LogP contribution in [0.4, 0.5) is 0 Å². The summed E-state index contributed by atoms with van der Waals surface area (Å²) in [4.78, 5) is 0. The maximum absolute atomic E-state index is 3.38. The molecule has 0 saturated heterocycles. The van der Waals surface area contributed by atoms with Crippen molar-refractivity contribution in [2.75, 3.05) is 0 Å². The summed E-state index contributed by atoms with van der Waals surface area (Å²) < 4.78 is 0. The van der Waals surface area contributed by atoms with Gasteiger partial charge in [-0.25, -0.2) is 12.1 Å². The number of hydrogen-bond acceptors (Lipinski definition) is 0. The van der Waals surface area contributed by atoms with Crippen molar-refractivity contribution in [3.05, 3.63) is 84.4 Å². The Bertz CT molecular complexity index is 686. The van der Waals surface area contributed by atoms with Crippen LogP contribution in [-0.4, -0.2) is 8.07 Å². The molecule has 0 aromatic heterocycles. The van der Waals surface area contributed by atoms with E-state index in [9.17, 15) is 0 Å². The standard InChI is InChI=1S/C16H17Si.C5H5.Fe/c1-17(2,3)13-12-14-8-10-16(11-9-14)15-6-4-5-7-15;1-2-4-5-3-1;/h4-11H,1-3H3;1-5H;/q2*-1;+2. The van der Waals surface area contributed by atoms with Crippen LogP contribution in [0, 0.1) is 11.5 Å². The molecular weight excluding hydrogens is 336 g/mol. The van der Waals surface area contributed by atoms with Crippen molar-refractivity contribution >= 4 is 8.07 Å². The van der Waals surface area contributed by atoms with Crippen LogP contribution in [0.1, 0.15) is 5.56 Å². The molecule has 3 aromatic rings. The zero-order valence-electron chi connectivity index (χ0n) is 13.9. The zero-order valence-corrected chi connectivity index (χ0v) is 16.0. The van der Waals surface area contributed by atoms with Gasteiger partial charge in [-0.05, 0) is 0 Å². The number of rotatable bonds is 1. The fourth-order valence-electron chi connectivity index (χ4n) is 1.89. The van der Waals surface area contributed by atoms with Crippen molar-refractivity contribution in [2.45, 2.75) is 19.6 Å². The van der Waals surface area contributed by atoms with Crippen LogP contribution in [0.25, 0.3) is 11.1 Å². The summed E-state index contributed by atoms with van der Waals surface area (Å²) in [6.45, 7) is 6.79. The molecular formula is C21H22FeSi. The van der Waals surface area contributed by atoms with Gasteiger partial charge in [0.2, 0.25) is 0 Å². The monoisotopic (exact) mass is 358 g/mol. The van der Waals surface area contributed by atoms with Crippen molar-refractivity contribution in [2.24, 2.45) is 0 Å². The van der Waals surface area contributed by atoms with Gasteiger partial charge in [-0.2, -0.15) is 30.3 Å². The summed E-state index contributed by atoms with van der Waals surface area (Å²) in [6, 6.07) is 26.9. The quantitative estimate of drug-likeness (QED) is 0.297. The molecule has 118 valence electrons. The second kappa shape index (κ2) is 9.38. The summed E-state index contributed by atoms with van der Waals surface area (Å²) in [6.07, 6.45) is 0. The van der Waals surface area contributed by atoms with Crippen molar-refractivity contribution in [3.8, 4) is 22.6 Å². The molecule has 0 saturated carbocycles. The fraction of sp³-hybridized carbons (Fsp3) is 0.143. The third-order valence-electron chi connectivity index (χ3n) is 3.02. The van der Waals surface area contributed by atoms with Gasteiger partial charge in [0, 0.05) is 5.56 Å². The molecule has 0 aliphatic heterocycles. The summed E-state index contributed by atoms with van der Waals surface area (Å²) in [5.74, 6) is 3.27. The number of hydrogen-bond donors (Lipinski definition) is 0. The van der Waals surface area contributed by atoms with Gasteiger partial charge in [-0.15, -0.1) is 35.4 Å². The van der Waals surface area contributed by atoms with Crippen molar-refractivity contribution in [3.63, 3.8) is 0 Å². The molecule has 0 heterocycles. The zero-order chi connectivity index (χ0) is 15.8. The molecule has 0 amide bonds. The van der Waals surface area contributed by atoms with Gasteiger partial charge in [0.25, 0.3) is 0 Å². The molecule has 0 spiro atoms. The second-order valence-corrected chi connectivity index (χ2v) is 11.0. The van der Waals surface area contributed by atoms with Crippen LogP contribution in [-0.2, 0) is 17.1 Å². The van der Waals surface area contributed by atoms with Crippen LogP contribution in [0.5, 0.6) is 0 Å². The van der Waals surface area contributed by atoms with E-state index in [-0.39, 0.29) is 17.1 Å². The Morgan fingerprint density at radius 2 is 1.43 bits per heavy atom. The first-order valence-corrected chi connectivity index (χ1v) is 11.1. The summed E-state index contributed by atoms with van der Waals surface area (Å²) >= 11 is 0. The van der Waals surface area contributed by atoms with Gasteiger partial charge in [-0.1, -0.05) is 43.3 Å². The third-order valence-corrected chi connectivity index (χ3v) is 3.89. The molecule has 0 aliphatic rings. The molecule has 23 heavy (non-hydrogen) atoms. The minimum Gasteiger partial charge on any atom is -0.214 e. The number of benzene rings is 1. The van der Waals surface area contributed by atoms with Gasteiger partial charge >= 0.3 is 17.1 Å². The van der Waals surface area contributed by atoms with Crippen LogP contribution in [0.2, 0.25) is 19.6 Å².